The topological polar surface area (TPSA) is 12.5 Å². The van der Waals surface area contributed by atoms with Crippen LogP contribution in [-0.2, 0) is 4.74 Å². The maximum absolute atomic E-state index is 5.75. The van der Waals surface area contributed by atoms with Gasteiger partial charge in [0.2, 0.25) is 0 Å². The monoisotopic (exact) mass is 164 g/mol. The molecule has 1 aliphatic heterocycles. The third-order valence-electron chi connectivity index (χ3n) is 4.92. The molecule has 3 aliphatic carbocycles. The van der Waals surface area contributed by atoms with Crippen LogP contribution in [0.3, 0.4) is 0 Å². The number of hydrogen-bond acceptors (Lipinski definition) is 1. The highest BCUT2D eigenvalue weighted by Crippen LogP contribution is 2.63. The lowest BCUT2D eigenvalue weighted by atomic mass is 9.67. The Morgan fingerprint density at radius 3 is 2.67 bits per heavy atom. The van der Waals surface area contributed by atoms with Crippen LogP contribution in [0.1, 0.15) is 32.1 Å². The first-order chi connectivity index (χ1) is 5.86. The van der Waals surface area contributed by atoms with E-state index >= 15 is 0 Å². The molecule has 3 saturated carbocycles. The molecule has 12 heavy (non-hydrogen) atoms. The molecule has 1 saturated heterocycles. The lowest BCUT2D eigenvalue weighted by Crippen LogP contribution is -2.36. The predicted octanol–water partition coefficient (Wildman–Crippen LogP) is 2.21. The van der Waals surface area contributed by atoms with Crippen molar-refractivity contribution in [2.24, 2.45) is 23.7 Å². The smallest absolute Gasteiger partial charge is 0.0949 e. The molecular formula is C11H16O. The molecule has 0 aromatic carbocycles. The van der Waals surface area contributed by atoms with Gasteiger partial charge in [0, 0.05) is 0 Å². The van der Waals surface area contributed by atoms with Crippen molar-refractivity contribution in [3.05, 3.63) is 0 Å². The fraction of sp³-hybridized carbons (Fsp3) is 1.00. The Hall–Kier alpha value is -0.0400. The Bertz CT molecular complexity index is 229. The highest BCUT2D eigenvalue weighted by atomic mass is 16.6. The lowest BCUT2D eigenvalue weighted by molar-refractivity contribution is 0.0801. The summed E-state index contributed by atoms with van der Waals surface area (Å²) in [6.45, 7) is 1.11. The van der Waals surface area contributed by atoms with Crippen molar-refractivity contribution < 1.29 is 4.74 Å². The van der Waals surface area contributed by atoms with Gasteiger partial charge >= 0.3 is 0 Å². The third-order valence-corrected chi connectivity index (χ3v) is 4.92. The summed E-state index contributed by atoms with van der Waals surface area (Å²) in [5.74, 6) is 4.21. The van der Waals surface area contributed by atoms with E-state index < -0.39 is 0 Å². The van der Waals surface area contributed by atoms with Crippen LogP contribution in [0.5, 0.6) is 0 Å². The molecule has 0 aromatic heterocycles. The van der Waals surface area contributed by atoms with Gasteiger partial charge in [0.15, 0.2) is 0 Å². The van der Waals surface area contributed by atoms with Crippen molar-refractivity contribution in [1.82, 2.24) is 0 Å². The Kier molecular flexibility index (Phi) is 0.934. The average molecular weight is 164 g/mol. The van der Waals surface area contributed by atoms with Crippen molar-refractivity contribution >= 4 is 0 Å². The molecule has 0 aromatic rings. The van der Waals surface area contributed by atoms with E-state index in [0.29, 0.717) is 5.60 Å². The highest BCUT2D eigenvalue weighted by molar-refractivity contribution is 5.11. The van der Waals surface area contributed by atoms with E-state index in [1.54, 1.807) is 12.8 Å². The summed E-state index contributed by atoms with van der Waals surface area (Å²) in [5.41, 5.74) is 0.443. The fourth-order valence-electron chi connectivity index (χ4n) is 4.56. The first-order valence-corrected chi connectivity index (χ1v) is 5.50. The summed E-state index contributed by atoms with van der Waals surface area (Å²) in [6, 6.07) is 0. The number of ether oxygens (including phenoxy) is 1. The summed E-state index contributed by atoms with van der Waals surface area (Å²) >= 11 is 0. The van der Waals surface area contributed by atoms with E-state index in [4.69, 9.17) is 4.74 Å². The Morgan fingerprint density at radius 2 is 1.83 bits per heavy atom. The molecule has 0 radical (unpaired) electrons. The molecule has 66 valence electrons. The second-order valence-corrected chi connectivity index (χ2v) is 5.60. The number of fused-ring (bicyclic) bond motifs is 3. The Labute approximate surface area is 73.5 Å². The maximum Gasteiger partial charge on any atom is 0.0949 e. The van der Waals surface area contributed by atoms with Gasteiger partial charge in [0.05, 0.1) is 12.2 Å². The van der Waals surface area contributed by atoms with Crippen LogP contribution in [0.2, 0.25) is 0 Å². The minimum Gasteiger partial charge on any atom is -0.369 e. The van der Waals surface area contributed by atoms with E-state index in [-0.39, 0.29) is 0 Å². The zero-order valence-electron chi connectivity index (χ0n) is 7.46. The summed E-state index contributed by atoms with van der Waals surface area (Å²) in [6.07, 6.45) is 7.57. The van der Waals surface area contributed by atoms with Gasteiger partial charge in [0.25, 0.3) is 0 Å². The van der Waals surface area contributed by atoms with E-state index in [9.17, 15) is 0 Å². The molecule has 5 atom stereocenters. The summed E-state index contributed by atoms with van der Waals surface area (Å²) in [4.78, 5) is 0. The summed E-state index contributed by atoms with van der Waals surface area (Å²) in [5, 5.41) is 0. The molecule has 3 bridgehead atoms. The van der Waals surface area contributed by atoms with Crippen molar-refractivity contribution in [2.45, 2.75) is 37.7 Å². The fourth-order valence-corrected chi connectivity index (χ4v) is 4.56. The second kappa shape index (κ2) is 1.75. The molecule has 1 heterocycles. The molecule has 1 spiro atoms. The van der Waals surface area contributed by atoms with Gasteiger partial charge < -0.3 is 4.74 Å². The van der Waals surface area contributed by atoms with Gasteiger partial charge in [-0.15, -0.1) is 0 Å². The van der Waals surface area contributed by atoms with Crippen LogP contribution in [-0.4, -0.2) is 12.2 Å². The third kappa shape index (κ3) is 0.618. The first kappa shape index (κ1) is 6.42. The van der Waals surface area contributed by atoms with E-state index in [2.05, 4.69) is 0 Å². The van der Waals surface area contributed by atoms with Crippen molar-refractivity contribution in [2.75, 3.05) is 6.61 Å². The normalized spacial score (nSPS) is 66.0. The molecule has 4 aliphatic rings. The summed E-state index contributed by atoms with van der Waals surface area (Å²) < 4.78 is 5.75. The molecule has 1 heteroatoms. The van der Waals surface area contributed by atoms with Crippen LogP contribution in [0.15, 0.2) is 0 Å². The van der Waals surface area contributed by atoms with Crippen LogP contribution >= 0.6 is 0 Å². The zero-order valence-corrected chi connectivity index (χ0v) is 7.46. The van der Waals surface area contributed by atoms with Gasteiger partial charge in [-0.25, -0.2) is 0 Å². The quantitative estimate of drug-likeness (QED) is 0.500. The van der Waals surface area contributed by atoms with Crippen LogP contribution in [0, 0.1) is 23.7 Å². The molecular weight excluding hydrogens is 148 g/mol. The van der Waals surface area contributed by atoms with E-state index in [1.807, 2.05) is 0 Å². The lowest BCUT2D eigenvalue weighted by Gasteiger charge is -2.37. The molecule has 0 amide bonds. The van der Waals surface area contributed by atoms with Crippen molar-refractivity contribution in [3.8, 4) is 0 Å². The SMILES string of the molecule is C1[C@@H]2C[C@@H]3C[C@H]1C[C@H]3[C@]1(CO1)C2. The van der Waals surface area contributed by atoms with Crippen molar-refractivity contribution in [3.63, 3.8) is 0 Å². The Balaban J connectivity index is 1.80. The number of hydrogen-bond donors (Lipinski definition) is 0. The molecule has 4 rings (SSSR count). The second-order valence-electron chi connectivity index (χ2n) is 5.60. The maximum atomic E-state index is 5.75. The largest absolute Gasteiger partial charge is 0.369 e. The average Bonchev–Trinajstić information content (AvgIpc) is 2.74. The van der Waals surface area contributed by atoms with Gasteiger partial charge in [-0.2, -0.15) is 0 Å². The summed E-state index contributed by atoms with van der Waals surface area (Å²) in [7, 11) is 0. The number of epoxide rings is 1. The van der Waals surface area contributed by atoms with E-state index in [0.717, 1.165) is 30.3 Å². The minimum absolute atomic E-state index is 0.443. The molecule has 4 fully saturated rings. The van der Waals surface area contributed by atoms with Crippen LogP contribution in [0.25, 0.3) is 0 Å². The Morgan fingerprint density at radius 1 is 1.00 bits per heavy atom. The van der Waals surface area contributed by atoms with Gasteiger partial charge in [0.1, 0.15) is 0 Å². The van der Waals surface area contributed by atoms with E-state index in [1.165, 1.54) is 19.3 Å². The van der Waals surface area contributed by atoms with Gasteiger partial charge in [-0.1, -0.05) is 0 Å². The van der Waals surface area contributed by atoms with Gasteiger partial charge in [-0.3, -0.25) is 0 Å². The standard InChI is InChI=1S/C11H16O/c1-7-2-9-3-8(1)5-11(6-12-11)10(9)4-7/h7-10H,1-6H2/t7-,8+,9-,10+,11+/m0/s1. The van der Waals surface area contributed by atoms with Crippen LogP contribution < -0.4 is 0 Å². The van der Waals surface area contributed by atoms with Gasteiger partial charge in [-0.05, 0) is 55.8 Å². The molecule has 0 N–H and O–H groups in total. The molecule has 0 unspecified atom stereocenters. The van der Waals surface area contributed by atoms with Crippen molar-refractivity contribution in [1.29, 1.82) is 0 Å². The molecule has 1 nitrogen and oxygen atoms in total. The zero-order chi connectivity index (χ0) is 7.76. The number of rotatable bonds is 0. The van der Waals surface area contributed by atoms with Crippen LogP contribution in [0.4, 0.5) is 0 Å². The first-order valence-electron chi connectivity index (χ1n) is 5.50. The minimum atomic E-state index is 0.443. The predicted molar refractivity (Wildman–Crippen MR) is 45.7 cm³/mol. The highest BCUT2D eigenvalue weighted by Gasteiger charge is 2.62.